The summed E-state index contributed by atoms with van der Waals surface area (Å²) in [7, 11) is 0. The zero-order valence-electron chi connectivity index (χ0n) is 8.87. The maximum atomic E-state index is 11.6. The maximum absolute atomic E-state index is 11.6. The number of amides is 1. The van der Waals surface area contributed by atoms with Gasteiger partial charge in [-0.3, -0.25) is 4.79 Å². The number of carbonyl (C=O) groups excluding carboxylic acids is 1. The smallest absolute Gasteiger partial charge is 0.224 e. The molecule has 0 heterocycles. The van der Waals surface area contributed by atoms with Crippen LogP contribution in [0.25, 0.3) is 0 Å². The van der Waals surface area contributed by atoms with E-state index >= 15 is 0 Å². The highest BCUT2D eigenvalue weighted by Gasteiger charge is 2.19. The van der Waals surface area contributed by atoms with Crippen molar-refractivity contribution < 1.29 is 9.90 Å². The van der Waals surface area contributed by atoms with Crippen LogP contribution < -0.4 is 5.32 Å². The molecule has 0 saturated heterocycles. The molecule has 1 aliphatic rings. The Morgan fingerprint density at radius 3 is 2.81 bits per heavy atom. The van der Waals surface area contributed by atoms with Crippen molar-refractivity contribution in [2.24, 2.45) is 0 Å². The van der Waals surface area contributed by atoms with E-state index in [0.717, 1.165) is 18.4 Å². The molecule has 1 aliphatic carbocycles. The predicted molar refractivity (Wildman–Crippen MR) is 62.6 cm³/mol. The number of aromatic hydroxyl groups is 1. The van der Waals surface area contributed by atoms with Crippen LogP contribution in [0.15, 0.2) is 18.2 Å². The number of hydrogen-bond donors (Lipinski definition) is 2. The first-order chi connectivity index (χ1) is 7.65. The van der Waals surface area contributed by atoms with E-state index in [-0.39, 0.29) is 16.7 Å². The number of nitrogens with one attached hydrogen (secondary N) is 1. The Balaban J connectivity index is 1.92. The van der Waals surface area contributed by atoms with Gasteiger partial charge in [0, 0.05) is 6.04 Å². The highest BCUT2D eigenvalue weighted by Crippen LogP contribution is 2.24. The van der Waals surface area contributed by atoms with Crippen LogP contribution in [0.2, 0.25) is 5.02 Å². The molecule has 0 aromatic heterocycles. The fraction of sp³-hybridized carbons (Fsp3) is 0.417. The minimum atomic E-state index is 0.0199. The van der Waals surface area contributed by atoms with Gasteiger partial charge >= 0.3 is 0 Å². The van der Waals surface area contributed by atoms with Gasteiger partial charge in [-0.1, -0.05) is 17.7 Å². The molecule has 86 valence electrons. The standard InChI is InChI=1S/C12H14ClNO2/c13-10-6-8(4-5-11(10)15)7-12(16)14-9-2-1-3-9/h4-6,9,15H,1-3,7H2,(H,14,16). The molecule has 1 aromatic carbocycles. The minimum absolute atomic E-state index is 0.0199. The average Bonchev–Trinajstić information content (AvgIpc) is 2.18. The summed E-state index contributed by atoms with van der Waals surface area (Å²) >= 11 is 5.76. The van der Waals surface area contributed by atoms with Gasteiger partial charge in [0.1, 0.15) is 5.75 Å². The minimum Gasteiger partial charge on any atom is -0.506 e. The zero-order chi connectivity index (χ0) is 11.5. The summed E-state index contributed by atoms with van der Waals surface area (Å²) in [6.07, 6.45) is 3.69. The van der Waals surface area contributed by atoms with Crippen molar-refractivity contribution in [3.8, 4) is 5.75 Å². The molecule has 1 fully saturated rings. The quantitative estimate of drug-likeness (QED) is 0.850. The summed E-state index contributed by atoms with van der Waals surface area (Å²) in [5, 5.41) is 12.5. The van der Waals surface area contributed by atoms with Crippen molar-refractivity contribution in [1.82, 2.24) is 5.32 Å². The summed E-state index contributed by atoms with van der Waals surface area (Å²) in [4.78, 5) is 11.6. The second kappa shape index (κ2) is 4.74. The third-order valence-electron chi connectivity index (χ3n) is 2.85. The van der Waals surface area contributed by atoms with E-state index in [1.54, 1.807) is 12.1 Å². The van der Waals surface area contributed by atoms with Crippen molar-refractivity contribution in [2.75, 3.05) is 0 Å². The first-order valence-electron chi connectivity index (χ1n) is 5.42. The number of phenols is 1. The third-order valence-corrected chi connectivity index (χ3v) is 3.15. The molecule has 2 rings (SSSR count). The Morgan fingerprint density at radius 1 is 1.50 bits per heavy atom. The van der Waals surface area contributed by atoms with Gasteiger partial charge in [-0.25, -0.2) is 0 Å². The molecule has 16 heavy (non-hydrogen) atoms. The molecular formula is C12H14ClNO2. The Hall–Kier alpha value is -1.22. The lowest BCUT2D eigenvalue weighted by molar-refractivity contribution is -0.121. The second-order valence-electron chi connectivity index (χ2n) is 4.16. The molecular weight excluding hydrogens is 226 g/mol. The number of hydrogen-bond acceptors (Lipinski definition) is 2. The molecule has 0 unspecified atom stereocenters. The molecule has 1 aromatic rings. The van der Waals surface area contributed by atoms with Crippen molar-refractivity contribution in [3.05, 3.63) is 28.8 Å². The molecule has 0 radical (unpaired) electrons. The lowest BCUT2D eigenvalue weighted by Crippen LogP contribution is -2.40. The summed E-state index contributed by atoms with van der Waals surface area (Å²) in [6, 6.07) is 5.20. The molecule has 0 spiro atoms. The molecule has 1 amide bonds. The number of rotatable bonds is 3. The SMILES string of the molecule is O=C(Cc1ccc(O)c(Cl)c1)NC1CCC1. The molecule has 3 nitrogen and oxygen atoms in total. The van der Waals surface area contributed by atoms with Crippen LogP contribution in [-0.4, -0.2) is 17.1 Å². The fourth-order valence-corrected chi connectivity index (χ4v) is 1.88. The lowest BCUT2D eigenvalue weighted by atomic mass is 9.93. The van der Waals surface area contributed by atoms with Crippen LogP contribution in [0, 0.1) is 0 Å². The van der Waals surface area contributed by atoms with Crippen LogP contribution in [-0.2, 0) is 11.2 Å². The third kappa shape index (κ3) is 2.67. The Labute approximate surface area is 99.4 Å². The van der Waals surface area contributed by atoms with Crippen LogP contribution >= 0.6 is 11.6 Å². The normalized spacial score (nSPS) is 15.6. The van der Waals surface area contributed by atoms with Gasteiger partial charge in [-0.2, -0.15) is 0 Å². The van der Waals surface area contributed by atoms with Gasteiger partial charge in [0.2, 0.25) is 5.91 Å². The largest absolute Gasteiger partial charge is 0.506 e. The molecule has 0 bridgehead atoms. The first-order valence-corrected chi connectivity index (χ1v) is 5.79. The monoisotopic (exact) mass is 239 g/mol. The van der Waals surface area contributed by atoms with Gasteiger partial charge in [0.25, 0.3) is 0 Å². The van der Waals surface area contributed by atoms with Crippen LogP contribution in [0.4, 0.5) is 0 Å². The number of benzene rings is 1. The Bertz CT molecular complexity index is 402. The first kappa shape index (κ1) is 11.3. The Kier molecular flexibility index (Phi) is 3.34. The number of carbonyl (C=O) groups is 1. The second-order valence-corrected chi connectivity index (χ2v) is 4.57. The highest BCUT2D eigenvalue weighted by molar-refractivity contribution is 6.32. The van der Waals surface area contributed by atoms with Crippen molar-refractivity contribution in [2.45, 2.75) is 31.7 Å². The molecule has 4 heteroatoms. The van der Waals surface area contributed by atoms with Gasteiger partial charge in [-0.15, -0.1) is 0 Å². The maximum Gasteiger partial charge on any atom is 0.224 e. The average molecular weight is 240 g/mol. The molecule has 1 saturated carbocycles. The van der Waals surface area contributed by atoms with Gasteiger partial charge in [0.15, 0.2) is 0 Å². The summed E-state index contributed by atoms with van der Waals surface area (Å²) in [6.45, 7) is 0. The lowest BCUT2D eigenvalue weighted by Gasteiger charge is -2.26. The number of phenolic OH excluding ortho intramolecular Hbond substituents is 1. The van der Waals surface area contributed by atoms with Crippen LogP contribution in [0.5, 0.6) is 5.75 Å². The summed E-state index contributed by atoms with van der Waals surface area (Å²) in [5.41, 5.74) is 0.819. The topological polar surface area (TPSA) is 49.3 Å². The van der Waals surface area contributed by atoms with Crippen molar-refractivity contribution in [1.29, 1.82) is 0 Å². The molecule has 0 aliphatic heterocycles. The zero-order valence-corrected chi connectivity index (χ0v) is 9.63. The van der Waals surface area contributed by atoms with Gasteiger partial charge in [-0.05, 0) is 37.0 Å². The van der Waals surface area contributed by atoms with E-state index in [4.69, 9.17) is 11.6 Å². The summed E-state index contributed by atoms with van der Waals surface area (Å²) < 4.78 is 0. The number of halogens is 1. The molecule has 0 atom stereocenters. The predicted octanol–water partition coefficient (Wildman–Crippen LogP) is 2.26. The van der Waals surface area contributed by atoms with E-state index in [9.17, 15) is 9.90 Å². The van der Waals surface area contributed by atoms with E-state index in [1.165, 1.54) is 12.5 Å². The van der Waals surface area contributed by atoms with Crippen molar-refractivity contribution >= 4 is 17.5 Å². The van der Waals surface area contributed by atoms with Gasteiger partial charge in [0.05, 0.1) is 11.4 Å². The van der Waals surface area contributed by atoms with E-state index in [0.29, 0.717) is 12.5 Å². The van der Waals surface area contributed by atoms with E-state index in [1.807, 2.05) is 0 Å². The Morgan fingerprint density at radius 2 is 2.25 bits per heavy atom. The summed E-state index contributed by atoms with van der Waals surface area (Å²) in [5.74, 6) is 0.0660. The molecule has 2 N–H and O–H groups in total. The van der Waals surface area contributed by atoms with E-state index < -0.39 is 0 Å². The van der Waals surface area contributed by atoms with E-state index in [2.05, 4.69) is 5.32 Å². The highest BCUT2D eigenvalue weighted by atomic mass is 35.5. The van der Waals surface area contributed by atoms with Crippen LogP contribution in [0.1, 0.15) is 24.8 Å². The fourth-order valence-electron chi connectivity index (χ4n) is 1.68. The van der Waals surface area contributed by atoms with Crippen LogP contribution in [0.3, 0.4) is 0 Å². The van der Waals surface area contributed by atoms with Crippen molar-refractivity contribution in [3.63, 3.8) is 0 Å². The van der Waals surface area contributed by atoms with Gasteiger partial charge < -0.3 is 10.4 Å².